The highest BCUT2D eigenvalue weighted by Gasteiger charge is 2.17. The molecule has 0 spiro atoms. The number of aromatic amines is 1. The minimum atomic E-state index is -1.14. The van der Waals surface area contributed by atoms with Crippen molar-refractivity contribution >= 4 is 16.7 Å². The van der Waals surface area contributed by atoms with Gasteiger partial charge in [0.05, 0.1) is 0 Å². The number of pyridine rings is 1. The Hall–Kier alpha value is -2.88. The first kappa shape index (κ1) is 13.1. The van der Waals surface area contributed by atoms with E-state index in [1.54, 1.807) is 24.3 Å². The van der Waals surface area contributed by atoms with E-state index in [4.69, 9.17) is 0 Å². The van der Waals surface area contributed by atoms with Gasteiger partial charge in [0.1, 0.15) is 5.69 Å². The SMILES string of the molecule is Cc1ccc(-c2c(C(=O)O)[nH]c(=O)c3ccccc23)cc1. The van der Waals surface area contributed by atoms with E-state index in [0.717, 1.165) is 11.1 Å². The minimum absolute atomic E-state index is 0.0810. The van der Waals surface area contributed by atoms with Gasteiger partial charge in [0, 0.05) is 10.9 Å². The predicted octanol–water partition coefficient (Wildman–Crippen LogP) is 3.20. The summed E-state index contributed by atoms with van der Waals surface area (Å²) in [4.78, 5) is 26.0. The lowest BCUT2D eigenvalue weighted by molar-refractivity contribution is 0.0691. The Bertz CT molecular complexity index is 892. The average molecular weight is 279 g/mol. The smallest absolute Gasteiger partial charge is 0.353 e. The van der Waals surface area contributed by atoms with Crippen LogP contribution < -0.4 is 5.56 Å². The molecule has 0 unspecified atom stereocenters. The maximum atomic E-state index is 12.0. The highest BCUT2D eigenvalue weighted by molar-refractivity contribution is 6.05. The topological polar surface area (TPSA) is 70.2 Å². The van der Waals surface area contributed by atoms with E-state index >= 15 is 0 Å². The molecule has 0 aliphatic rings. The lowest BCUT2D eigenvalue weighted by atomic mass is 9.96. The summed E-state index contributed by atoms with van der Waals surface area (Å²) in [5, 5.41) is 10.5. The van der Waals surface area contributed by atoms with Crippen LogP contribution in [0.15, 0.2) is 53.3 Å². The molecule has 21 heavy (non-hydrogen) atoms. The van der Waals surface area contributed by atoms with Crippen molar-refractivity contribution in [3.8, 4) is 11.1 Å². The molecule has 0 fully saturated rings. The quantitative estimate of drug-likeness (QED) is 0.756. The van der Waals surface area contributed by atoms with Gasteiger partial charge >= 0.3 is 5.97 Å². The van der Waals surface area contributed by atoms with Gasteiger partial charge in [-0.2, -0.15) is 0 Å². The number of rotatable bonds is 2. The molecule has 0 saturated carbocycles. The zero-order valence-electron chi connectivity index (χ0n) is 11.4. The second-order valence-corrected chi connectivity index (χ2v) is 4.92. The standard InChI is InChI=1S/C17H13NO3/c1-10-6-8-11(9-7-10)14-12-4-2-3-5-13(12)16(19)18-15(14)17(20)21/h2-9H,1H3,(H,18,19)(H,20,21). The van der Waals surface area contributed by atoms with Gasteiger partial charge < -0.3 is 10.1 Å². The monoisotopic (exact) mass is 279 g/mol. The molecule has 4 heteroatoms. The fraction of sp³-hybridized carbons (Fsp3) is 0.0588. The molecule has 0 aliphatic carbocycles. The van der Waals surface area contributed by atoms with Crippen molar-refractivity contribution in [2.75, 3.05) is 0 Å². The molecule has 0 aliphatic heterocycles. The molecule has 0 atom stereocenters. The summed E-state index contributed by atoms with van der Waals surface area (Å²) in [6, 6.07) is 14.6. The van der Waals surface area contributed by atoms with Crippen LogP contribution in [0.2, 0.25) is 0 Å². The van der Waals surface area contributed by atoms with Crippen LogP contribution in [-0.2, 0) is 0 Å². The molecule has 1 aromatic heterocycles. The van der Waals surface area contributed by atoms with Crippen molar-refractivity contribution in [1.29, 1.82) is 0 Å². The van der Waals surface area contributed by atoms with Crippen LogP contribution >= 0.6 is 0 Å². The first-order chi connectivity index (χ1) is 10.1. The fourth-order valence-corrected chi connectivity index (χ4v) is 2.46. The maximum Gasteiger partial charge on any atom is 0.353 e. The molecular formula is C17H13NO3. The van der Waals surface area contributed by atoms with Crippen molar-refractivity contribution in [2.24, 2.45) is 0 Å². The summed E-state index contributed by atoms with van der Waals surface area (Å²) in [6.07, 6.45) is 0. The molecular weight excluding hydrogens is 266 g/mol. The lowest BCUT2D eigenvalue weighted by Gasteiger charge is -2.10. The van der Waals surface area contributed by atoms with Gasteiger partial charge in [-0.1, -0.05) is 48.0 Å². The van der Waals surface area contributed by atoms with Crippen molar-refractivity contribution in [1.82, 2.24) is 4.98 Å². The molecule has 0 saturated heterocycles. The summed E-state index contributed by atoms with van der Waals surface area (Å²) in [7, 11) is 0. The number of carboxylic acids is 1. The van der Waals surface area contributed by atoms with Crippen LogP contribution in [0.5, 0.6) is 0 Å². The van der Waals surface area contributed by atoms with Gasteiger partial charge in [0.15, 0.2) is 0 Å². The molecule has 1 heterocycles. The van der Waals surface area contributed by atoms with Gasteiger partial charge in [-0.05, 0) is 23.9 Å². The van der Waals surface area contributed by atoms with Gasteiger partial charge in [0.25, 0.3) is 5.56 Å². The van der Waals surface area contributed by atoms with E-state index in [2.05, 4.69) is 4.98 Å². The number of aryl methyl sites for hydroxylation is 1. The summed E-state index contributed by atoms with van der Waals surface area (Å²) >= 11 is 0. The number of hydrogen-bond donors (Lipinski definition) is 2. The highest BCUT2D eigenvalue weighted by atomic mass is 16.4. The fourth-order valence-electron chi connectivity index (χ4n) is 2.46. The predicted molar refractivity (Wildman–Crippen MR) is 81.7 cm³/mol. The third-order valence-corrected chi connectivity index (χ3v) is 3.48. The Morgan fingerprint density at radius 2 is 1.62 bits per heavy atom. The second kappa shape index (κ2) is 4.90. The Morgan fingerprint density at radius 3 is 2.24 bits per heavy atom. The van der Waals surface area contributed by atoms with Crippen LogP contribution in [0.1, 0.15) is 16.1 Å². The number of aromatic carboxylic acids is 1. The van der Waals surface area contributed by atoms with Crippen LogP contribution in [-0.4, -0.2) is 16.1 Å². The Labute approximate surface area is 120 Å². The van der Waals surface area contributed by atoms with Crippen LogP contribution in [0.25, 0.3) is 21.9 Å². The van der Waals surface area contributed by atoms with Gasteiger partial charge in [-0.25, -0.2) is 4.79 Å². The van der Waals surface area contributed by atoms with Gasteiger partial charge in [0.2, 0.25) is 0 Å². The van der Waals surface area contributed by atoms with Crippen LogP contribution in [0.3, 0.4) is 0 Å². The first-order valence-electron chi connectivity index (χ1n) is 6.53. The normalized spacial score (nSPS) is 10.7. The van der Waals surface area contributed by atoms with Crippen LogP contribution in [0.4, 0.5) is 0 Å². The van der Waals surface area contributed by atoms with Crippen molar-refractivity contribution in [3.05, 3.63) is 70.1 Å². The number of benzene rings is 2. The molecule has 2 aromatic carbocycles. The Kier molecular flexibility index (Phi) is 3.06. The Morgan fingerprint density at radius 1 is 1.00 bits per heavy atom. The first-order valence-corrected chi connectivity index (χ1v) is 6.53. The van der Waals surface area contributed by atoms with Gasteiger partial charge in [-0.15, -0.1) is 0 Å². The molecule has 2 N–H and O–H groups in total. The molecule has 0 radical (unpaired) electrons. The minimum Gasteiger partial charge on any atom is -0.477 e. The maximum absolute atomic E-state index is 12.0. The van der Waals surface area contributed by atoms with E-state index in [-0.39, 0.29) is 11.3 Å². The third kappa shape index (κ3) is 2.21. The van der Waals surface area contributed by atoms with Crippen molar-refractivity contribution in [3.63, 3.8) is 0 Å². The molecule has 0 amide bonds. The van der Waals surface area contributed by atoms with E-state index in [9.17, 15) is 14.7 Å². The van der Waals surface area contributed by atoms with Gasteiger partial charge in [-0.3, -0.25) is 4.79 Å². The number of H-pyrrole nitrogens is 1. The number of carbonyl (C=O) groups is 1. The largest absolute Gasteiger partial charge is 0.477 e. The number of hydrogen-bond acceptors (Lipinski definition) is 2. The number of fused-ring (bicyclic) bond motifs is 1. The van der Waals surface area contributed by atoms with Crippen molar-refractivity contribution < 1.29 is 9.90 Å². The summed E-state index contributed by atoms with van der Waals surface area (Å²) < 4.78 is 0. The summed E-state index contributed by atoms with van der Waals surface area (Å²) in [5.41, 5.74) is 1.92. The molecule has 4 nitrogen and oxygen atoms in total. The number of aromatic nitrogens is 1. The van der Waals surface area contributed by atoms with E-state index in [0.29, 0.717) is 16.3 Å². The third-order valence-electron chi connectivity index (χ3n) is 3.48. The molecule has 3 rings (SSSR count). The number of carboxylic acid groups (broad SMARTS) is 1. The second-order valence-electron chi connectivity index (χ2n) is 4.92. The lowest BCUT2D eigenvalue weighted by Crippen LogP contribution is -2.15. The average Bonchev–Trinajstić information content (AvgIpc) is 2.48. The van der Waals surface area contributed by atoms with E-state index < -0.39 is 5.97 Å². The van der Waals surface area contributed by atoms with E-state index in [1.165, 1.54) is 0 Å². The summed E-state index contributed by atoms with van der Waals surface area (Å²) in [6.45, 7) is 1.97. The molecule has 104 valence electrons. The van der Waals surface area contributed by atoms with Crippen LogP contribution in [0, 0.1) is 6.92 Å². The number of nitrogens with one attached hydrogen (secondary N) is 1. The zero-order valence-corrected chi connectivity index (χ0v) is 11.4. The summed E-state index contributed by atoms with van der Waals surface area (Å²) in [5.74, 6) is -1.14. The molecule has 0 bridgehead atoms. The zero-order chi connectivity index (χ0) is 15.0. The Balaban J connectivity index is 2.46. The van der Waals surface area contributed by atoms with Crippen molar-refractivity contribution in [2.45, 2.75) is 6.92 Å². The highest BCUT2D eigenvalue weighted by Crippen LogP contribution is 2.29. The van der Waals surface area contributed by atoms with E-state index in [1.807, 2.05) is 31.2 Å². The molecule has 3 aromatic rings.